The number of benzene rings is 1. The summed E-state index contributed by atoms with van der Waals surface area (Å²) in [7, 11) is 0. The maximum atomic E-state index is 6.20. The maximum absolute atomic E-state index is 6.20. The molecule has 1 atom stereocenters. The van der Waals surface area contributed by atoms with Crippen LogP contribution in [0.1, 0.15) is 25.5 Å². The molecule has 3 rings (SSSR count). The van der Waals surface area contributed by atoms with Crippen LogP contribution < -0.4 is 0 Å². The van der Waals surface area contributed by atoms with Crippen LogP contribution in [0, 0.1) is 4.77 Å². The van der Waals surface area contributed by atoms with Crippen LogP contribution in [-0.4, -0.2) is 21.0 Å². The fourth-order valence-electron chi connectivity index (χ4n) is 2.82. The van der Waals surface area contributed by atoms with Crippen molar-refractivity contribution in [1.29, 1.82) is 0 Å². The first-order chi connectivity index (χ1) is 8.97. The van der Waals surface area contributed by atoms with Crippen LogP contribution in [0.25, 0.3) is 11.0 Å². The van der Waals surface area contributed by atoms with E-state index < -0.39 is 0 Å². The molecule has 0 radical (unpaired) electrons. The fourth-order valence-corrected chi connectivity index (χ4v) is 3.44. The second-order valence-electron chi connectivity index (χ2n) is 5.23. The minimum Gasteiger partial charge on any atom is -0.369 e. The quantitative estimate of drug-likeness (QED) is 0.794. The van der Waals surface area contributed by atoms with Gasteiger partial charge in [0.05, 0.1) is 17.1 Å². The van der Waals surface area contributed by atoms with E-state index in [0.717, 1.165) is 34.1 Å². The molecular weight excluding hydrogens is 278 g/mol. The lowest BCUT2D eigenvalue weighted by Crippen LogP contribution is -2.25. The Bertz CT molecular complexity index is 728. The third-order valence-electron chi connectivity index (χ3n) is 3.68. The van der Waals surface area contributed by atoms with Gasteiger partial charge in [-0.3, -0.25) is 0 Å². The lowest BCUT2D eigenvalue weighted by atomic mass is 10.1. The van der Waals surface area contributed by atoms with E-state index in [1.54, 1.807) is 0 Å². The zero-order valence-electron chi connectivity index (χ0n) is 11.0. The van der Waals surface area contributed by atoms with Crippen LogP contribution >= 0.6 is 23.8 Å². The minimum absolute atomic E-state index is 0.306. The molecule has 1 aliphatic heterocycles. The van der Waals surface area contributed by atoms with Crippen LogP contribution in [-0.2, 0) is 6.54 Å². The molecule has 0 saturated carbocycles. The Morgan fingerprint density at radius 3 is 2.95 bits per heavy atom. The van der Waals surface area contributed by atoms with Gasteiger partial charge in [0.2, 0.25) is 0 Å². The molecule has 1 unspecified atom stereocenters. The summed E-state index contributed by atoms with van der Waals surface area (Å²) in [6.07, 6.45) is 0. The molecule has 100 valence electrons. The van der Waals surface area contributed by atoms with Gasteiger partial charge in [-0.1, -0.05) is 18.2 Å². The van der Waals surface area contributed by atoms with Gasteiger partial charge in [0, 0.05) is 23.8 Å². The molecule has 0 aliphatic carbocycles. The fraction of sp³-hybridized carbons (Fsp3) is 0.357. The molecule has 0 amide bonds. The highest BCUT2D eigenvalue weighted by molar-refractivity contribution is 7.71. The first-order valence-electron chi connectivity index (χ1n) is 6.30. The highest BCUT2D eigenvalue weighted by Gasteiger charge is 2.22. The van der Waals surface area contributed by atoms with Crippen molar-refractivity contribution in [3.05, 3.63) is 39.8 Å². The topological polar surface area (TPSA) is 24.0 Å². The van der Waals surface area contributed by atoms with Gasteiger partial charge < -0.3 is 14.5 Å². The van der Waals surface area contributed by atoms with E-state index in [2.05, 4.69) is 28.0 Å². The number of aromatic nitrogens is 2. The molecule has 1 aromatic heterocycles. The average molecular weight is 294 g/mol. The molecular formula is C14H16ClN3S. The van der Waals surface area contributed by atoms with Crippen LogP contribution in [0.2, 0.25) is 5.02 Å². The van der Waals surface area contributed by atoms with Gasteiger partial charge in [-0.25, -0.2) is 0 Å². The SMILES string of the molecule is C=C(C)N1Cc2cc(Cl)cc3[nH]c(=S)n(c23)C(C)C1. The third-order valence-corrected chi connectivity index (χ3v) is 4.20. The molecule has 1 N–H and O–H groups in total. The average Bonchev–Trinajstić information content (AvgIpc) is 2.54. The Kier molecular flexibility index (Phi) is 2.95. The van der Waals surface area contributed by atoms with Gasteiger partial charge in [-0.05, 0) is 43.8 Å². The first kappa shape index (κ1) is 12.8. The second-order valence-corrected chi connectivity index (χ2v) is 6.05. The Morgan fingerprint density at radius 1 is 1.53 bits per heavy atom. The lowest BCUT2D eigenvalue weighted by molar-refractivity contribution is 0.300. The zero-order chi connectivity index (χ0) is 13.7. The van der Waals surface area contributed by atoms with Crippen LogP contribution in [0.5, 0.6) is 0 Å². The van der Waals surface area contributed by atoms with E-state index in [0.29, 0.717) is 6.04 Å². The van der Waals surface area contributed by atoms with Crippen molar-refractivity contribution in [3.8, 4) is 0 Å². The van der Waals surface area contributed by atoms with E-state index in [9.17, 15) is 0 Å². The molecule has 0 bridgehead atoms. The first-order valence-corrected chi connectivity index (χ1v) is 7.09. The summed E-state index contributed by atoms with van der Waals surface area (Å²) in [5.74, 6) is 0. The lowest BCUT2D eigenvalue weighted by Gasteiger charge is -2.25. The maximum Gasteiger partial charge on any atom is 0.178 e. The van der Waals surface area contributed by atoms with Crippen LogP contribution in [0.15, 0.2) is 24.4 Å². The number of hydrogen-bond acceptors (Lipinski definition) is 2. The predicted molar refractivity (Wildman–Crippen MR) is 82.1 cm³/mol. The van der Waals surface area contributed by atoms with Gasteiger partial charge in [0.15, 0.2) is 4.77 Å². The number of halogens is 1. The van der Waals surface area contributed by atoms with Crippen molar-refractivity contribution in [2.45, 2.75) is 26.4 Å². The van der Waals surface area contributed by atoms with Crippen molar-refractivity contribution in [2.24, 2.45) is 0 Å². The minimum atomic E-state index is 0.306. The van der Waals surface area contributed by atoms with E-state index >= 15 is 0 Å². The molecule has 0 spiro atoms. The van der Waals surface area contributed by atoms with Crippen LogP contribution in [0.3, 0.4) is 0 Å². The highest BCUT2D eigenvalue weighted by atomic mass is 35.5. The van der Waals surface area contributed by atoms with Gasteiger partial charge in [-0.15, -0.1) is 0 Å². The van der Waals surface area contributed by atoms with Gasteiger partial charge in [0.1, 0.15) is 0 Å². The molecule has 19 heavy (non-hydrogen) atoms. The summed E-state index contributed by atoms with van der Waals surface area (Å²) in [5.41, 5.74) is 4.45. The number of rotatable bonds is 1. The van der Waals surface area contributed by atoms with Crippen molar-refractivity contribution in [1.82, 2.24) is 14.5 Å². The molecule has 5 heteroatoms. The summed E-state index contributed by atoms with van der Waals surface area (Å²) in [6.45, 7) is 10.0. The number of H-pyrrole nitrogens is 1. The summed E-state index contributed by atoms with van der Waals surface area (Å²) in [4.78, 5) is 5.53. The number of hydrogen-bond donors (Lipinski definition) is 1. The molecule has 2 heterocycles. The number of allylic oxidation sites excluding steroid dienone is 1. The van der Waals surface area contributed by atoms with E-state index in [1.165, 1.54) is 11.1 Å². The van der Waals surface area contributed by atoms with Crippen molar-refractivity contribution >= 4 is 34.9 Å². The standard InChI is InChI=1S/C14H16ClN3S/c1-8(2)17-6-9(3)18-13-10(7-17)4-11(15)5-12(13)16-14(18)19/h4-5,9H,1,6-7H2,2-3H3,(H,16,19). The summed E-state index contributed by atoms with van der Waals surface area (Å²) < 4.78 is 2.95. The molecule has 0 saturated heterocycles. The molecule has 1 aliphatic rings. The Balaban J connectivity index is 2.32. The summed E-state index contributed by atoms with van der Waals surface area (Å²) in [5, 5.41) is 0.738. The van der Waals surface area contributed by atoms with Crippen molar-refractivity contribution < 1.29 is 0 Å². The smallest absolute Gasteiger partial charge is 0.178 e. The monoisotopic (exact) mass is 293 g/mol. The van der Waals surface area contributed by atoms with E-state index in [4.69, 9.17) is 23.8 Å². The largest absolute Gasteiger partial charge is 0.369 e. The van der Waals surface area contributed by atoms with Crippen molar-refractivity contribution in [2.75, 3.05) is 6.54 Å². The van der Waals surface area contributed by atoms with Gasteiger partial charge >= 0.3 is 0 Å². The predicted octanol–water partition coefficient (Wildman–Crippen LogP) is 4.26. The highest BCUT2D eigenvalue weighted by Crippen LogP contribution is 2.31. The van der Waals surface area contributed by atoms with E-state index in [-0.39, 0.29) is 0 Å². The molecule has 3 nitrogen and oxygen atoms in total. The summed E-state index contributed by atoms with van der Waals surface area (Å²) in [6, 6.07) is 4.27. The molecule has 1 aromatic carbocycles. The number of imidazole rings is 1. The number of nitrogens with one attached hydrogen (secondary N) is 1. The van der Waals surface area contributed by atoms with E-state index in [1.807, 2.05) is 19.1 Å². The van der Waals surface area contributed by atoms with Crippen LogP contribution in [0.4, 0.5) is 0 Å². The third kappa shape index (κ3) is 1.99. The van der Waals surface area contributed by atoms with Gasteiger partial charge in [-0.2, -0.15) is 0 Å². The second kappa shape index (κ2) is 4.39. The normalized spacial score (nSPS) is 18.7. The summed E-state index contributed by atoms with van der Waals surface area (Å²) >= 11 is 11.7. The molecule has 0 fully saturated rings. The Morgan fingerprint density at radius 2 is 2.26 bits per heavy atom. The zero-order valence-corrected chi connectivity index (χ0v) is 12.6. The molecule has 2 aromatic rings. The number of nitrogens with zero attached hydrogens (tertiary/aromatic N) is 2. The Hall–Kier alpha value is -1.26. The van der Waals surface area contributed by atoms with Gasteiger partial charge in [0.25, 0.3) is 0 Å². The Labute approximate surface area is 122 Å². The number of aromatic amines is 1. The van der Waals surface area contributed by atoms with Crippen molar-refractivity contribution in [3.63, 3.8) is 0 Å².